The van der Waals surface area contributed by atoms with E-state index in [4.69, 9.17) is 0 Å². The summed E-state index contributed by atoms with van der Waals surface area (Å²) in [6.45, 7) is 7.67. The number of urea groups is 1. The van der Waals surface area contributed by atoms with E-state index in [1.165, 1.54) is 0 Å². The molecular formula is C15H22N6O2. The molecule has 0 aliphatic carbocycles. The molecule has 0 aromatic carbocycles. The second kappa shape index (κ2) is 7.68. The lowest BCUT2D eigenvalue weighted by molar-refractivity contribution is -0.115. The van der Waals surface area contributed by atoms with Crippen molar-refractivity contribution in [3.63, 3.8) is 0 Å². The van der Waals surface area contributed by atoms with Gasteiger partial charge in [-0.2, -0.15) is 0 Å². The van der Waals surface area contributed by atoms with Crippen molar-refractivity contribution in [2.24, 2.45) is 0 Å². The number of aromatic nitrogens is 2. The highest BCUT2D eigenvalue weighted by Gasteiger charge is 2.23. The quantitative estimate of drug-likeness (QED) is 0.607. The zero-order valence-electron chi connectivity index (χ0n) is 13.7. The third kappa shape index (κ3) is 4.26. The first-order valence-corrected chi connectivity index (χ1v) is 7.72. The molecule has 3 amide bonds. The minimum Gasteiger partial charge on any atom is -0.338 e. The number of imide groups is 1. The molecule has 0 unspecified atom stereocenters. The van der Waals surface area contributed by atoms with Crippen LogP contribution in [-0.4, -0.2) is 60.0 Å². The molecule has 0 radical (unpaired) electrons. The van der Waals surface area contributed by atoms with Gasteiger partial charge in [0.1, 0.15) is 5.70 Å². The lowest BCUT2D eigenvalue weighted by atomic mass is 10.3. The van der Waals surface area contributed by atoms with Crippen molar-refractivity contribution in [1.82, 2.24) is 25.5 Å². The number of amides is 3. The zero-order valence-corrected chi connectivity index (χ0v) is 13.7. The summed E-state index contributed by atoms with van der Waals surface area (Å²) in [5.41, 5.74) is 0.786. The van der Waals surface area contributed by atoms with Crippen LogP contribution >= 0.6 is 0 Å². The van der Waals surface area contributed by atoms with E-state index >= 15 is 0 Å². The van der Waals surface area contributed by atoms with Gasteiger partial charge in [0.15, 0.2) is 0 Å². The molecule has 2 aliphatic heterocycles. The van der Waals surface area contributed by atoms with Gasteiger partial charge in [-0.15, -0.1) is 0 Å². The van der Waals surface area contributed by atoms with Gasteiger partial charge in [-0.1, -0.05) is 13.8 Å². The summed E-state index contributed by atoms with van der Waals surface area (Å²) in [5, 5.41) is 4.59. The predicted molar refractivity (Wildman–Crippen MR) is 87.7 cm³/mol. The third-order valence-electron chi connectivity index (χ3n) is 3.46. The van der Waals surface area contributed by atoms with Gasteiger partial charge in [0, 0.05) is 32.4 Å². The maximum Gasteiger partial charge on any atom is 0.326 e. The van der Waals surface area contributed by atoms with E-state index in [2.05, 4.69) is 37.4 Å². The number of hydrogen-bond acceptors (Lipinski definition) is 6. The average molecular weight is 318 g/mol. The molecule has 8 heteroatoms. The van der Waals surface area contributed by atoms with Gasteiger partial charge in [0.05, 0.1) is 5.69 Å². The molecule has 2 saturated heterocycles. The van der Waals surface area contributed by atoms with E-state index in [1.54, 1.807) is 18.3 Å². The first kappa shape index (κ1) is 16.9. The van der Waals surface area contributed by atoms with E-state index in [0.717, 1.165) is 26.2 Å². The van der Waals surface area contributed by atoms with E-state index in [-0.39, 0.29) is 5.70 Å². The van der Waals surface area contributed by atoms with Crippen LogP contribution in [0.15, 0.2) is 18.0 Å². The molecule has 1 aromatic heterocycles. The van der Waals surface area contributed by atoms with Crippen LogP contribution in [0.4, 0.5) is 10.7 Å². The number of carbonyl (C=O) groups excluding carboxylic acids is 2. The fraction of sp³-hybridized carbons (Fsp3) is 0.467. The number of likely N-dealkylation sites (N-methyl/N-ethyl adjacent to an activating group) is 1. The summed E-state index contributed by atoms with van der Waals surface area (Å²) in [7, 11) is 2.08. The number of carbonyl (C=O) groups is 2. The standard InChI is InChI=1S/C13H16N6O2.C2H6/c1-18-4-6-19(7-5-18)12-14-3-2-9(15-12)8-10-11(20)17-13(21)16-10;1-2/h2-3,8H,4-7H2,1H3,(H2,16,17,20,21);1-2H3/b10-8-;. The van der Waals surface area contributed by atoms with Gasteiger partial charge in [0.25, 0.3) is 5.91 Å². The molecular weight excluding hydrogens is 296 g/mol. The van der Waals surface area contributed by atoms with E-state index in [9.17, 15) is 9.59 Å². The number of rotatable bonds is 2. The number of nitrogens with zero attached hydrogens (tertiary/aromatic N) is 4. The van der Waals surface area contributed by atoms with Crippen LogP contribution in [0, 0.1) is 0 Å². The monoisotopic (exact) mass is 318 g/mol. The number of nitrogens with one attached hydrogen (secondary N) is 2. The normalized spacial score (nSPS) is 20.0. The Balaban J connectivity index is 0.000000924. The molecule has 1 aromatic rings. The first-order valence-electron chi connectivity index (χ1n) is 7.72. The lowest BCUT2D eigenvalue weighted by Crippen LogP contribution is -2.45. The molecule has 0 spiro atoms. The van der Waals surface area contributed by atoms with Crippen molar-refractivity contribution in [2.75, 3.05) is 38.1 Å². The number of hydrogen-bond donors (Lipinski definition) is 2. The van der Waals surface area contributed by atoms with Crippen molar-refractivity contribution in [2.45, 2.75) is 13.8 Å². The fourth-order valence-electron chi connectivity index (χ4n) is 2.23. The van der Waals surface area contributed by atoms with Gasteiger partial charge in [0.2, 0.25) is 5.95 Å². The van der Waals surface area contributed by atoms with E-state index < -0.39 is 11.9 Å². The van der Waals surface area contributed by atoms with E-state index in [1.807, 2.05) is 13.8 Å². The minimum absolute atomic E-state index is 0.197. The minimum atomic E-state index is -0.514. The van der Waals surface area contributed by atoms with Crippen LogP contribution in [0.5, 0.6) is 0 Å². The maximum absolute atomic E-state index is 11.5. The predicted octanol–water partition coefficient (Wildman–Crippen LogP) is 0.435. The number of piperazine rings is 1. The van der Waals surface area contributed by atoms with Crippen LogP contribution in [0.1, 0.15) is 19.5 Å². The van der Waals surface area contributed by atoms with Gasteiger partial charge < -0.3 is 15.1 Å². The highest BCUT2D eigenvalue weighted by atomic mass is 16.2. The highest BCUT2D eigenvalue weighted by Crippen LogP contribution is 2.12. The topological polar surface area (TPSA) is 90.5 Å². The Bertz CT molecular complexity index is 608. The summed E-state index contributed by atoms with van der Waals surface area (Å²) < 4.78 is 0. The zero-order chi connectivity index (χ0) is 16.8. The maximum atomic E-state index is 11.5. The second-order valence-electron chi connectivity index (χ2n) is 5.04. The smallest absolute Gasteiger partial charge is 0.326 e. The molecule has 124 valence electrons. The van der Waals surface area contributed by atoms with Crippen molar-refractivity contribution in [1.29, 1.82) is 0 Å². The Kier molecular flexibility index (Phi) is 5.64. The molecule has 2 fully saturated rings. The molecule has 2 N–H and O–H groups in total. The number of anilines is 1. The molecule has 0 atom stereocenters. The summed E-state index contributed by atoms with van der Waals surface area (Å²) >= 11 is 0. The molecule has 0 bridgehead atoms. The average Bonchev–Trinajstić information content (AvgIpc) is 2.88. The van der Waals surface area contributed by atoms with Gasteiger partial charge in [-0.05, 0) is 19.2 Å². The Morgan fingerprint density at radius 2 is 1.83 bits per heavy atom. The molecule has 8 nitrogen and oxygen atoms in total. The summed E-state index contributed by atoms with van der Waals surface area (Å²) in [6, 6.07) is 1.18. The summed E-state index contributed by atoms with van der Waals surface area (Å²) in [4.78, 5) is 35.6. The Labute approximate surface area is 135 Å². The Hall–Kier alpha value is -2.48. The second-order valence-corrected chi connectivity index (χ2v) is 5.04. The summed E-state index contributed by atoms with van der Waals surface area (Å²) in [6.07, 6.45) is 3.20. The largest absolute Gasteiger partial charge is 0.338 e. The van der Waals surface area contributed by atoms with Crippen molar-refractivity contribution in [3.05, 3.63) is 23.7 Å². The molecule has 3 heterocycles. The van der Waals surface area contributed by atoms with Crippen molar-refractivity contribution in [3.8, 4) is 0 Å². The van der Waals surface area contributed by atoms with Crippen LogP contribution in [0.25, 0.3) is 6.08 Å². The molecule has 2 aliphatic rings. The third-order valence-corrected chi connectivity index (χ3v) is 3.46. The van der Waals surface area contributed by atoms with Gasteiger partial charge in [-0.25, -0.2) is 14.8 Å². The van der Waals surface area contributed by atoms with Crippen LogP contribution in [0.2, 0.25) is 0 Å². The highest BCUT2D eigenvalue weighted by molar-refractivity contribution is 6.13. The fourth-order valence-corrected chi connectivity index (χ4v) is 2.23. The Morgan fingerprint density at radius 1 is 1.13 bits per heavy atom. The van der Waals surface area contributed by atoms with Crippen molar-refractivity contribution < 1.29 is 9.59 Å². The van der Waals surface area contributed by atoms with Crippen LogP contribution < -0.4 is 15.5 Å². The SMILES string of the molecule is CC.CN1CCN(c2nccc(/C=C3\NC(=O)NC3=O)n2)CC1. The molecule has 3 rings (SSSR count). The van der Waals surface area contributed by atoms with Crippen LogP contribution in [0.3, 0.4) is 0 Å². The lowest BCUT2D eigenvalue weighted by Gasteiger charge is -2.32. The van der Waals surface area contributed by atoms with Gasteiger partial charge >= 0.3 is 6.03 Å². The Morgan fingerprint density at radius 3 is 2.43 bits per heavy atom. The van der Waals surface area contributed by atoms with Gasteiger partial charge in [-0.3, -0.25) is 10.1 Å². The van der Waals surface area contributed by atoms with E-state index in [0.29, 0.717) is 11.6 Å². The molecule has 23 heavy (non-hydrogen) atoms. The summed E-state index contributed by atoms with van der Waals surface area (Å²) in [5.74, 6) is 0.196. The van der Waals surface area contributed by atoms with Crippen LogP contribution in [-0.2, 0) is 4.79 Å². The molecule has 0 saturated carbocycles. The van der Waals surface area contributed by atoms with Crippen molar-refractivity contribution >= 4 is 24.0 Å². The first-order chi connectivity index (χ1) is 11.1.